The van der Waals surface area contributed by atoms with E-state index in [9.17, 15) is 14.7 Å². The molecule has 6 nitrogen and oxygen atoms in total. The van der Waals surface area contributed by atoms with Crippen LogP contribution in [-0.2, 0) is 16.6 Å². The zero-order chi connectivity index (χ0) is 24.0. The largest absolute Gasteiger partial charge is 0.496 e. The molecule has 0 heterocycles. The number of aryl methyl sites for hydroxylation is 1. The number of amides is 1. The molecule has 6 heteroatoms. The maximum atomic E-state index is 13.3. The topological polar surface area (TPSA) is 84.9 Å². The van der Waals surface area contributed by atoms with Gasteiger partial charge in [-0.3, -0.25) is 4.79 Å². The molecule has 1 saturated carbocycles. The lowest BCUT2D eigenvalue weighted by Gasteiger charge is -2.56. The first-order chi connectivity index (χ1) is 15.6. The van der Waals surface area contributed by atoms with Crippen molar-refractivity contribution in [2.75, 3.05) is 19.5 Å². The molecule has 0 bridgehead atoms. The van der Waals surface area contributed by atoms with Gasteiger partial charge in [-0.1, -0.05) is 32.9 Å². The van der Waals surface area contributed by atoms with Crippen LogP contribution in [0, 0.1) is 11.3 Å². The quantitative estimate of drug-likeness (QED) is 0.656. The van der Waals surface area contributed by atoms with E-state index in [-0.39, 0.29) is 22.8 Å². The summed E-state index contributed by atoms with van der Waals surface area (Å²) in [4.78, 5) is 25.4. The molecule has 0 radical (unpaired) electrons. The number of ether oxygens (including phenoxy) is 2. The normalized spacial score (nSPS) is 25.4. The molecule has 0 unspecified atom stereocenters. The van der Waals surface area contributed by atoms with Crippen molar-refractivity contribution in [3.05, 3.63) is 58.7 Å². The Morgan fingerprint density at radius 3 is 2.48 bits per heavy atom. The number of benzene rings is 2. The number of methoxy groups -OCH3 is 2. The molecule has 0 spiro atoms. The average molecular weight is 452 g/mol. The third-order valence-corrected chi connectivity index (χ3v) is 8.03. The van der Waals surface area contributed by atoms with E-state index < -0.39 is 5.97 Å². The van der Waals surface area contributed by atoms with Crippen molar-refractivity contribution in [1.82, 2.24) is 0 Å². The van der Waals surface area contributed by atoms with Crippen molar-refractivity contribution >= 4 is 17.6 Å². The summed E-state index contributed by atoms with van der Waals surface area (Å²) in [6.45, 7) is 6.63. The van der Waals surface area contributed by atoms with Gasteiger partial charge in [0, 0.05) is 0 Å². The van der Waals surface area contributed by atoms with Crippen molar-refractivity contribution in [2.24, 2.45) is 11.3 Å². The van der Waals surface area contributed by atoms with Crippen LogP contribution in [0.15, 0.2) is 36.4 Å². The van der Waals surface area contributed by atoms with Crippen LogP contribution in [0.4, 0.5) is 5.69 Å². The molecule has 2 N–H and O–H groups in total. The Labute approximate surface area is 195 Å². The number of hydrogen-bond acceptors (Lipinski definition) is 5. The van der Waals surface area contributed by atoms with Gasteiger partial charge in [0.2, 0.25) is 0 Å². The lowest BCUT2D eigenvalue weighted by atomic mass is 9.49. The fourth-order valence-electron chi connectivity index (χ4n) is 6.13. The highest BCUT2D eigenvalue weighted by molar-refractivity contribution is 6.09. The van der Waals surface area contributed by atoms with Gasteiger partial charge in [0.05, 0.1) is 37.1 Å². The second-order valence-corrected chi connectivity index (χ2v) is 10.1. The first-order valence-corrected chi connectivity index (χ1v) is 11.5. The minimum absolute atomic E-state index is 0.0872. The number of para-hydroxylation sites is 1. The number of aliphatic hydroxyl groups is 1. The molecule has 2 aliphatic carbocycles. The number of anilines is 1. The first-order valence-electron chi connectivity index (χ1n) is 11.5. The summed E-state index contributed by atoms with van der Waals surface area (Å²) < 4.78 is 10.5. The molecule has 0 aromatic heterocycles. The van der Waals surface area contributed by atoms with Crippen molar-refractivity contribution < 1.29 is 24.2 Å². The van der Waals surface area contributed by atoms with Crippen LogP contribution >= 0.6 is 0 Å². The number of nitrogens with one attached hydrogen (secondary N) is 1. The van der Waals surface area contributed by atoms with Crippen LogP contribution in [0.3, 0.4) is 0 Å². The first kappa shape index (κ1) is 23.3. The summed E-state index contributed by atoms with van der Waals surface area (Å²) in [6, 6.07) is 10.7. The van der Waals surface area contributed by atoms with E-state index in [1.807, 2.05) is 12.1 Å². The number of carbonyl (C=O) groups excluding carboxylic acids is 2. The summed E-state index contributed by atoms with van der Waals surface area (Å²) >= 11 is 0. The fraction of sp³-hybridized carbons (Fsp3) is 0.481. The Hall–Kier alpha value is -2.86. The number of aliphatic hydroxyl groups excluding tert-OH is 1. The van der Waals surface area contributed by atoms with E-state index in [4.69, 9.17) is 9.47 Å². The van der Waals surface area contributed by atoms with Crippen LogP contribution in [0.25, 0.3) is 0 Å². The summed E-state index contributed by atoms with van der Waals surface area (Å²) in [5.74, 6) is 0.00668. The van der Waals surface area contributed by atoms with E-state index in [0.29, 0.717) is 28.5 Å². The second kappa shape index (κ2) is 8.49. The molecule has 1 amide bonds. The molecule has 3 atom stereocenters. The van der Waals surface area contributed by atoms with E-state index in [0.717, 1.165) is 31.2 Å². The lowest BCUT2D eigenvalue weighted by molar-refractivity contribution is -0.0731. The fourth-order valence-corrected chi connectivity index (χ4v) is 6.13. The maximum Gasteiger partial charge on any atom is 0.339 e. The summed E-state index contributed by atoms with van der Waals surface area (Å²) in [5, 5.41) is 13.5. The molecular formula is C27H33NO5. The molecule has 2 aliphatic rings. The van der Waals surface area contributed by atoms with Crippen LogP contribution in [0.5, 0.6) is 5.75 Å². The number of rotatable bonds is 4. The van der Waals surface area contributed by atoms with E-state index >= 15 is 0 Å². The Bertz CT molecular complexity index is 1090. The standard InChI is InChI=1S/C27H33NO5/c1-26(2)22-11-10-16-14-18(21(32-4)15-19(16)27(22,3)13-12-23(26)29)24(30)28-20-9-7-6-8-17(20)25(31)33-5/h6-9,14-15,22-23,29H,10-13H2,1-5H3,(H,28,30)/t22-,23-,27+/m0/s1. The minimum Gasteiger partial charge on any atom is -0.496 e. The second-order valence-electron chi connectivity index (χ2n) is 10.1. The van der Waals surface area contributed by atoms with Crippen molar-refractivity contribution in [2.45, 2.75) is 58.0 Å². The third kappa shape index (κ3) is 3.80. The van der Waals surface area contributed by atoms with Gasteiger partial charge < -0.3 is 19.9 Å². The molecule has 0 aliphatic heterocycles. The van der Waals surface area contributed by atoms with E-state index in [1.54, 1.807) is 31.4 Å². The molecule has 4 rings (SSSR count). The predicted octanol–water partition coefficient (Wildman–Crippen LogP) is 4.74. The van der Waals surface area contributed by atoms with Crippen molar-refractivity contribution in [3.63, 3.8) is 0 Å². The van der Waals surface area contributed by atoms with Gasteiger partial charge in [-0.15, -0.1) is 0 Å². The van der Waals surface area contributed by atoms with Gasteiger partial charge in [-0.2, -0.15) is 0 Å². The average Bonchev–Trinajstić information content (AvgIpc) is 2.80. The predicted molar refractivity (Wildman–Crippen MR) is 127 cm³/mol. The number of esters is 1. The molecule has 33 heavy (non-hydrogen) atoms. The van der Waals surface area contributed by atoms with Gasteiger partial charge in [0.15, 0.2) is 0 Å². The highest BCUT2D eigenvalue weighted by Gasteiger charge is 2.53. The SMILES string of the molecule is COC(=O)c1ccccc1NC(=O)c1cc2c(cc1OC)[C@@]1(C)CC[C@H](O)C(C)(C)[C@@H]1CC2. The van der Waals surface area contributed by atoms with Crippen LogP contribution in [0.1, 0.15) is 71.9 Å². The summed E-state index contributed by atoms with van der Waals surface area (Å²) in [7, 11) is 2.88. The van der Waals surface area contributed by atoms with Gasteiger partial charge in [0.25, 0.3) is 5.91 Å². The zero-order valence-corrected chi connectivity index (χ0v) is 20.0. The highest BCUT2D eigenvalue weighted by atomic mass is 16.5. The maximum absolute atomic E-state index is 13.3. The Morgan fingerprint density at radius 2 is 1.79 bits per heavy atom. The van der Waals surface area contributed by atoms with Gasteiger partial charge in [-0.25, -0.2) is 4.79 Å². The lowest BCUT2D eigenvalue weighted by Crippen LogP contribution is -2.53. The van der Waals surface area contributed by atoms with Gasteiger partial charge in [0.1, 0.15) is 5.75 Å². The third-order valence-electron chi connectivity index (χ3n) is 8.03. The zero-order valence-electron chi connectivity index (χ0n) is 20.0. The molecule has 0 saturated heterocycles. The molecule has 2 aromatic rings. The van der Waals surface area contributed by atoms with E-state index in [2.05, 4.69) is 26.1 Å². The molecule has 1 fully saturated rings. The van der Waals surface area contributed by atoms with Crippen LogP contribution in [-0.4, -0.2) is 37.3 Å². The van der Waals surface area contributed by atoms with Crippen molar-refractivity contribution in [1.29, 1.82) is 0 Å². The monoisotopic (exact) mass is 451 g/mol. The smallest absolute Gasteiger partial charge is 0.339 e. The van der Waals surface area contributed by atoms with E-state index in [1.165, 1.54) is 12.7 Å². The number of fused-ring (bicyclic) bond motifs is 3. The number of hydrogen-bond donors (Lipinski definition) is 2. The van der Waals surface area contributed by atoms with Crippen molar-refractivity contribution in [3.8, 4) is 5.75 Å². The molecule has 176 valence electrons. The summed E-state index contributed by atoms with van der Waals surface area (Å²) in [5.41, 5.74) is 3.22. The Morgan fingerprint density at radius 1 is 1.06 bits per heavy atom. The minimum atomic E-state index is -0.510. The Balaban J connectivity index is 1.71. The van der Waals surface area contributed by atoms with Gasteiger partial charge >= 0.3 is 5.97 Å². The summed E-state index contributed by atoms with van der Waals surface area (Å²) in [6.07, 6.45) is 3.16. The molecule has 2 aromatic carbocycles. The Kier molecular flexibility index (Phi) is 5.99. The van der Waals surface area contributed by atoms with Crippen LogP contribution in [0.2, 0.25) is 0 Å². The number of carbonyl (C=O) groups is 2. The van der Waals surface area contributed by atoms with Crippen LogP contribution < -0.4 is 10.1 Å². The van der Waals surface area contributed by atoms with Gasteiger partial charge in [-0.05, 0) is 77.8 Å². The highest BCUT2D eigenvalue weighted by Crippen LogP contribution is 2.57. The molecular weight excluding hydrogens is 418 g/mol.